The van der Waals surface area contributed by atoms with Gasteiger partial charge in [0.05, 0.1) is 0 Å². The minimum Gasteiger partial charge on any atom is -0.363 e. The zero-order valence-corrected chi connectivity index (χ0v) is 14.8. The first kappa shape index (κ1) is 17.0. The van der Waals surface area contributed by atoms with E-state index in [1.54, 1.807) is 0 Å². The van der Waals surface area contributed by atoms with Crippen molar-refractivity contribution in [2.24, 2.45) is 0 Å². The van der Waals surface area contributed by atoms with E-state index in [2.05, 4.69) is 65.6 Å². The number of carbonyl (C=O) groups is 1. The van der Waals surface area contributed by atoms with Crippen molar-refractivity contribution in [2.75, 3.05) is 4.90 Å². The van der Waals surface area contributed by atoms with Gasteiger partial charge in [0.25, 0.3) is 0 Å². The van der Waals surface area contributed by atoms with Crippen molar-refractivity contribution >= 4 is 12.0 Å². The summed E-state index contributed by atoms with van der Waals surface area (Å²) < 4.78 is 0. The molecule has 3 rings (SSSR count). The molecular weight excluding hydrogens is 306 g/mol. The molecule has 3 aromatic rings. The molecule has 2 nitrogen and oxygen atoms in total. The number of hydrogen-bond donors (Lipinski definition) is 0. The summed E-state index contributed by atoms with van der Waals surface area (Å²) in [7, 11) is 0. The van der Waals surface area contributed by atoms with Gasteiger partial charge in [0.15, 0.2) is 6.29 Å². The van der Waals surface area contributed by atoms with Gasteiger partial charge in [-0.1, -0.05) is 60.7 Å². The van der Waals surface area contributed by atoms with Gasteiger partial charge in [-0.2, -0.15) is 0 Å². The molecule has 0 unspecified atom stereocenters. The Hall–Kier alpha value is -2.87. The van der Waals surface area contributed by atoms with Crippen LogP contribution in [0, 0.1) is 13.8 Å². The van der Waals surface area contributed by atoms with Gasteiger partial charge in [-0.3, -0.25) is 4.79 Å². The molecule has 0 N–H and O–H groups in total. The largest absolute Gasteiger partial charge is 0.363 e. The van der Waals surface area contributed by atoms with Crippen LogP contribution < -0.4 is 4.90 Å². The maximum absolute atomic E-state index is 11.3. The predicted molar refractivity (Wildman–Crippen MR) is 104 cm³/mol. The van der Waals surface area contributed by atoms with Crippen LogP contribution in [-0.4, -0.2) is 6.29 Å². The average molecular weight is 329 g/mol. The topological polar surface area (TPSA) is 20.3 Å². The summed E-state index contributed by atoms with van der Waals surface area (Å²) in [6.07, 6.45) is 0.952. The molecule has 126 valence electrons. The molecule has 0 aliphatic carbocycles. The third-order valence-electron chi connectivity index (χ3n) is 4.49. The molecule has 0 aromatic heterocycles. The van der Waals surface area contributed by atoms with Crippen LogP contribution in [0.2, 0.25) is 0 Å². The van der Waals surface area contributed by atoms with E-state index >= 15 is 0 Å². The summed E-state index contributed by atoms with van der Waals surface area (Å²) in [5, 5.41) is 0. The SMILES string of the molecule is Cc1cc(N(Cc2ccccc2)Cc2ccccc2)cc(C)c1C=O. The number of benzene rings is 3. The summed E-state index contributed by atoms with van der Waals surface area (Å²) in [6, 6.07) is 25.2. The molecular formula is C23H23NO. The molecule has 0 atom stereocenters. The zero-order valence-electron chi connectivity index (χ0n) is 14.8. The highest BCUT2D eigenvalue weighted by molar-refractivity contribution is 5.81. The Balaban J connectivity index is 1.97. The maximum atomic E-state index is 11.3. The molecule has 0 fully saturated rings. The summed E-state index contributed by atoms with van der Waals surface area (Å²) in [4.78, 5) is 13.7. The lowest BCUT2D eigenvalue weighted by Crippen LogP contribution is -2.22. The van der Waals surface area contributed by atoms with Gasteiger partial charge < -0.3 is 4.90 Å². The number of aldehydes is 1. The summed E-state index contributed by atoms with van der Waals surface area (Å²) >= 11 is 0. The predicted octanol–water partition coefficient (Wildman–Crippen LogP) is 5.32. The second kappa shape index (κ2) is 7.80. The third-order valence-corrected chi connectivity index (χ3v) is 4.49. The van der Waals surface area contributed by atoms with Gasteiger partial charge in [-0.25, -0.2) is 0 Å². The Kier molecular flexibility index (Phi) is 5.30. The van der Waals surface area contributed by atoms with Gasteiger partial charge in [0.2, 0.25) is 0 Å². The highest BCUT2D eigenvalue weighted by Gasteiger charge is 2.12. The van der Waals surface area contributed by atoms with E-state index in [-0.39, 0.29) is 0 Å². The van der Waals surface area contributed by atoms with Crippen LogP contribution in [0.25, 0.3) is 0 Å². The van der Waals surface area contributed by atoms with E-state index in [0.29, 0.717) is 0 Å². The Morgan fingerprint density at radius 2 is 1.20 bits per heavy atom. The van der Waals surface area contributed by atoms with Crippen LogP contribution in [0.15, 0.2) is 72.8 Å². The molecule has 0 amide bonds. The highest BCUT2D eigenvalue weighted by atomic mass is 16.1. The Labute approximate surface area is 149 Å². The third kappa shape index (κ3) is 4.16. The minimum atomic E-state index is 0.795. The van der Waals surface area contributed by atoms with Crippen molar-refractivity contribution in [1.29, 1.82) is 0 Å². The summed E-state index contributed by atoms with van der Waals surface area (Å²) in [6.45, 7) is 5.66. The molecule has 2 heteroatoms. The number of aryl methyl sites for hydroxylation is 2. The van der Waals surface area contributed by atoms with Gasteiger partial charge >= 0.3 is 0 Å². The Bertz CT molecular complexity index is 776. The van der Waals surface area contributed by atoms with Crippen LogP contribution in [0.4, 0.5) is 5.69 Å². The summed E-state index contributed by atoms with van der Waals surface area (Å²) in [5.41, 5.74) is 6.53. The van der Waals surface area contributed by atoms with E-state index in [1.807, 2.05) is 26.0 Å². The number of carbonyl (C=O) groups excluding carboxylic acids is 1. The van der Waals surface area contributed by atoms with Crippen molar-refractivity contribution in [2.45, 2.75) is 26.9 Å². The normalized spacial score (nSPS) is 10.5. The summed E-state index contributed by atoms with van der Waals surface area (Å²) in [5.74, 6) is 0. The van der Waals surface area contributed by atoms with Crippen molar-refractivity contribution < 1.29 is 4.79 Å². The van der Waals surface area contributed by atoms with Crippen LogP contribution in [0.5, 0.6) is 0 Å². The van der Waals surface area contributed by atoms with Gasteiger partial charge in [0.1, 0.15) is 0 Å². The molecule has 0 radical (unpaired) electrons. The molecule has 0 aliphatic heterocycles. The van der Waals surface area contributed by atoms with E-state index in [4.69, 9.17) is 0 Å². The maximum Gasteiger partial charge on any atom is 0.150 e. The molecule has 0 aliphatic rings. The zero-order chi connectivity index (χ0) is 17.6. The van der Waals surface area contributed by atoms with Crippen LogP contribution >= 0.6 is 0 Å². The molecule has 3 aromatic carbocycles. The number of nitrogens with zero attached hydrogens (tertiary/aromatic N) is 1. The monoisotopic (exact) mass is 329 g/mol. The lowest BCUT2D eigenvalue weighted by Gasteiger charge is -2.26. The van der Waals surface area contributed by atoms with Crippen molar-refractivity contribution in [3.63, 3.8) is 0 Å². The molecule has 0 saturated heterocycles. The van der Waals surface area contributed by atoms with Crippen LogP contribution in [0.1, 0.15) is 32.6 Å². The molecule has 0 spiro atoms. The van der Waals surface area contributed by atoms with Gasteiger partial charge in [-0.15, -0.1) is 0 Å². The molecule has 25 heavy (non-hydrogen) atoms. The van der Waals surface area contributed by atoms with Crippen molar-refractivity contribution in [1.82, 2.24) is 0 Å². The standard InChI is InChI=1S/C23H23NO/c1-18-13-22(14-19(2)23(18)17-25)24(15-20-9-5-3-6-10-20)16-21-11-7-4-8-12-21/h3-14,17H,15-16H2,1-2H3. The van der Waals surface area contributed by atoms with E-state index in [0.717, 1.165) is 41.8 Å². The second-order valence-corrected chi connectivity index (χ2v) is 6.44. The van der Waals surface area contributed by atoms with Crippen LogP contribution in [-0.2, 0) is 13.1 Å². The number of anilines is 1. The second-order valence-electron chi connectivity index (χ2n) is 6.44. The molecule has 0 heterocycles. The Morgan fingerprint density at radius 1 is 0.760 bits per heavy atom. The van der Waals surface area contributed by atoms with E-state index in [1.165, 1.54) is 11.1 Å². The van der Waals surface area contributed by atoms with E-state index < -0.39 is 0 Å². The minimum absolute atomic E-state index is 0.795. The smallest absolute Gasteiger partial charge is 0.150 e. The quantitative estimate of drug-likeness (QED) is 0.570. The number of rotatable bonds is 6. The first-order valence-corrected chi connectivity index (χ1v) is 8.56. The molecule has 0 saturated carbocycles. The van der Waals surface area contributed by atoms with Gasteiger partial charge in [0, 0.05) is 24.3 Å². The van der Waals surface area contributed by atoms with Crippen molar-refractivity contribution in [3.8, 4) is 0 Å². The fourth-order valence-electron chi connectivity index (χ4n) is 3.17. The Morgan fingerprint density at radius 3 is 1.60 bits per heavy atom. The number of hydrogen-bond acceptors (Lipinski definition) is 2. The highest BCUT2D eigenvalue weighted by Crippen LogP contribution is 2.25. The lowest BCUT2D eigenvalue weighted by molar-refractivity contribution is 0.112. The first-order chi connectivity index (χ1) is 12.2. The average Bonchev–Trinajstić information content (AvgIpc) is 2.63. The first-order valence-electron chi connectivity index (χ1n) is 8.56. The van der Waals surface area contributed by atoms with Crippen molar-refractivity contribution in [3.05, 3.63) is 101 Å². The van der Waals surface area contributed by atoms with Gasteiger partial charge in [-0.05, 0) is 48.2 Å². The fourth-order valence-corrected chi connectivity index (χ4v) is 3.17. The fraction of sp³-hybridized carbons (Fsp3) is 0.174. The van der Waals surface area contributed by atoms with Crippen LogP contribution in [0.3, 0.4) is 0 Å². The lowest BCUT2D eigenvalue weighted by atomic mass is 10.0. The van der Waals surface area contributed by atoms with E-state index in [9.17, 15) is 4.79 Å². The molecule has 0 bridgehead atoms.